The van der Waals surface area contributed by atoms with E-state index in [0.29, 0.717) is 35.9 Å². The molecule has 0 saturated carbocycles. The Balaban J connectivity index is 1.65. The van der Waals surface area contributed by atoms with Crippen LogP contribution in [0.2, 0.25) is 0 Å². The number of rotatable bonds is 5. The van der Waals surface area contributed by atoms with E-state index in [1.165, 1.54) is 0 Å². The van der Waals surface area contributed by atoms with Crippen LogP contribution < -0.4 is 5.32 Å². The highest BCUT2D eigenvalue weighted by molar-refractivity contribution is 5.98. The molecular weight excluding hydrogens is 322 g/mol. The Labute approximate surface area is 145 Å². The Morgan fingerprint density at radius 3 is 2.88 bits per heavy atom. The summed E-state index contributed by atoms with van der Waals surface area (Å²) >= 11 is 0. The van der Waals surface area contributed by atoms with Crippen LogP contribution in [0, 0.1) is 6.92 Å². The van der Waals surface area contributed by atoms with Crippen molar-refractivity contribution in [2.45, 2.75) is 32.4 Å². The predicted molar refractivity (Wildman–Crippen MR) is 91.1 cm³/mol. The lowest BCUT2D eigenvalue weighted by molar-refractivity contribution is -0.124. The van der Waals surface area contributed by atoms with Gasteiger partial charge in [0.05, 0.1) is 6.54 Å². The maximum absolute atomic E-state index is 12.6. The molecule has 0 spiro atoms. The standard InChI is InChI=1S/C18H21N3O4/c1-12-9-15(20-25-12)11-21(2)18(23)13-5-3-6-14(10-13)19-17(22)16-7-4-8-24-16/h3,5-6,9-10,16H,4,7-8,11H2,1-2H3,(H,19,22). The van der Waals surface area contributed by atoms with Crippen LogP contribution in [0.25, 0.3) is 0 Å². The van der Waals surface area contributed by atoms with Crippen LogP contribution >= 0.6 is 0 Å². The molecule has 1 saturated heterocycles. The minimum Gasteiger partial charge on any atom is -0.368 e. The summed E-state index contributed by atoms with van der Waals surface area (Å²) < 4.78 is 10.4. The van der Waals surface area contributed by atoms with Crippen molar-refractivity contribution >= 4 is 17.5 Å². The zero-order valence-corrected chi connectivity index (χ0v) is 14.3. The lowest BCUT2D eigenvalue weighted by atomic mass is 10.1. The van der Waals surface area contributed by atoms with Gasteiger partial charge >= 0.3 is 0 Å². The van der Waals surface area contributed by atoms with E-state index in [-0.39, 0.29) is 11.8 Å². The number of aryl methyl sites for hydroxylation is 1. The summed E-state index contributed by atoms with van der Waals surface area (Å²) in [5, 5.41) is 6.70. The second kappa shape index (κ2) is 7.48. The normalized spacial score (nSPS) is 16.6. The summed E-state index contributed by atoms with van der Waals surface area (Å²) in [6, 6.07) is 8.67. The highest BCUT2D eigenvalue weighted by atomic mass is 16.5. The van der Waals surface area contributed by atoms with E-state index in [1.54, 1.807) is 49.2 Å². The van der Waals surface area contributed by atoms with E-state index in [2.05, 4.69) is 10.5 Å². The molecule has 3 rings (SSSR count). The number of carbonyl (C=O) groups is 2. The largest absolute Gasteiger partial charge is 0.368 e. The molecular formula is C18H21N3O4. The van der Waals surface area contributed by atoms with Crippen LogP contribution in [0.15, 0.2) is 34.9 Å². The molecule has 1 fully saturated rings. The minimum absolute atomic E-state index is 0.158. The van der Waals surface area contributed by atoms with Gasteiger partial charge in [0.15, 0.2) is 0 Å². The number of ether oxygens (including phenoxy) is 1. The van der Waals surface area contributed by atoms with Crippen LogP contribution in [0.3, 0.4) is 0 Å². The van der Waals surface area contributed by atoms with Crippen LogP contribution in [0.4, 0.5) is 5.69 Å². The number of anilines is 1. The molecule has 0 aliphatic carbocycles. The monoisotopic (exact) mass is 343 g/mol. The lowest BCUT2D eigenvalue weighted by Gasteiger charge is -2.16. The fourth-order valence-corrected chi connectivity index (χ4v) is 2.76. The van der Waals surface area contributed by atoms with E-state index in [4.69, 9.17) is 9.26 Å². The zero-order valence-electron chi connectivity index (χ0n) is 14.3. The van der Waals surface area contributed by atoms with Gasteiger partial charge in [0.2, 0.25) is 0 Å². The van der Waals surface area contributed by atoms with Crippen molar-refractivity contribution in [3.63, 3.8) is 0 Å². The Morgan fingerprint density at radius 2 is 2.20 bits per heavy atom. The minimum atomic E-state index is -0.405. The maximum Gasteiger partial charge on any atom is 0.254 e. The number of nitrogens with one attached hydrogen (secondary N) is 1. The second-order valence-corrected chi connectivity index (χ2v) is 6.16. The number of aromatic nitrogens is 1. The number of amides is 2. The Bertz CT molecular complexity index is 765. The molecule has 2 aromatic rings. The predicted octanol–water partition coefficient (Wildman–Crippen LogP) is 2.37. The van der Waals surface area contributed by atoms with E-state index in [0.717, 1.165) is 12.8 Å². The molecule has 1 N–H and O–H groups in total. The van der Waals surface area contributed by atoms with Gasteiger partial charge in [-0.15, -0.1) is 0 Å². The highest BCUT2D eigenvalue weighted by Gasteiger charge is 2.23. The SMILES string of the molecule is Cc1cc(CN(C)C(=O)c2cccc(NC(=O)C3CCCO3)c2)no1. The van der Waals surface area contributed by atoms with Gasteiger partial charge in [0.25, 0.3) is 11.8 Å². The number of benzene rings is 1. The first kappa shape index (κ1) is 17.2. The van der Waals surface area contributed by atoms with Crippen LogP contribution in [0.1, 0.15) is 34.7 Å². The second-order valence-electron chi connectivity index (χ2n) is 6.16. The molecule has 1 aromatic heterocycles. The summed E-state index contributed by atoms with van der Waals surface area (Å²) in [6.45, 7) is 2.77. The molecule has 7 heteroatoms. The zero-order chi connectivity index (χ0) is 17.8. The number of hydrogen-bond donors (Lipinski definition) is 1. The van der Waals surface area contributed by atoms with Gasteiger partial charge in [0.1, 0.15) is 17.6 Å². The lowest BCUT2D eigenvalue weighted by Crippen LogP contribution is -2.28. The topological polar surface area (TPSA) is 84.7 Å². The Kier molecular flexibility index (Phi) is 5.14. The summed E-state index contributed by atoms with van der Waals surface area (Å²) in [4.78, 5) is 26.3. The van der Waals surface area contributed by atoms with Crippen molar-refractivity contribution in [1.29, 1.82) is 0 Å². The van der Waals surface area contributed by atoms with Crippen molar-refractivity contribution in [2.24, 2.45) is 0 Å². The Morgan fingerprint density at radius 1 is 1.36 bits per heavy atom. The molecule has 1 aliphatic heterocycles. The third kappa shape index (κ3) is 4.24. The summed E-state index contributed by atoms with van der Waals surface area (Å²) in [5.74, 6) is 0.372. The maximum atomic E-state index is 12.6. The molecule has 2 amide bonds. The third-order valence-electron chi connectivity index (χ3n) is 4.02. The van der Waals surface area contributed by atoms with E-state index < -0.39 is 6.10 Å². The average Bonchev–Trinajstić information content (AvgIpc) is 3.26. The van der Waals surface area contributed by atoms with Gasteiger partial charge in [-0.25, -0.2) is 0 Å². The first-order valence-electron chi connectivity index (χ1n) is 8.23. The van der Waals surface area contributed by atoms with Crippen molar-refractivity contribution in [2.75, 3.05) is 19.0 Å². The van der Waals surface area contributed by atoms with Crippen LogP contribution in [-0.4, -0.2) is 41.6 Å². The average molecular weight is 343 g/mol. The molecule has 7 nitrogen and oxygen atoms in total. The van der Waals surface area contributed by atoms with E-state index >= 15 is 0 Å². The van der Waals surface area contributed by atoms with Crippen LogP contribution in [0.5, 0.6) is 0 Å². The first-order valence-corrected chi connectivity index (χ1v) is 8.23. The number of carbonyl (C=O) groups excluding carboxylic acids is 2. The van der Waals surface area contributed by atoms with Gasteiger partial charge < -0.3 is 19.5 Å². The fourth-order valence-electron chi connectivity index (χ4n) is 2.76. The van der Waals surface area contributed by atoms with Crippen molar-refractivity contribution in [3.05, 3.63) is 47.3 Å². The molecule has 1 unspecified atom stereocenters. The van der Waals surface area contributed by atoms with Crippen LogP contribution in [-0.2, 0) is 16.1 Å². The molecule has 0 bridgehead atoms. The number of hydrogen-bond acceptors (Lipinski definition) is 5. The van der Waals surface area contributed by atoms with Gasteiger partial charge in [-0.3, -0.25) is 9.59 Å². The van der Waals surface area contributed by atoms with Gasteiger partial charge in [0, 0.05) is 31.0 Å². The molecule has 25 heavy (non-hydrogen) atoms. The van der Waals surface area contributed by atoms with Gasteiger partial charge in [-0.2, -0.15) is 0 Å². The van der Waals surface area contributed by atoms with E-state index in [9.17, 15) is 9.59 Å². The smallest absolute Gasteiger partial charge is 0.254 e. The Hall–Kier alpha value is -2.67. The van der Waals surface area contributed by atoms with Gasteiger partial charge in [-0.1, -0.05) is 11.2 Å². The fraction of sp³-hybridized carbons (Fsp3) is 0.389. The molecule has 132 valence electrons. The highest BCUT2D eigenvalue weighted by Crippen LogP contribution is 2.17. The van der Waals surface area contributed by atoms with E-state index in [1.807, 2.05) is 0 Å². The van der Waals surface area contributed by atoms with Crippen molar-refractivity contribution in [3.8, 4) is 0 Å². The molecule has 2 heterocycles. The molecule has 0 radical (unpaired) electrons. The van der Waals surface area contributed by atoms with Crippen molar-refractivity contribution < 1.29 is 18.8 Å². The first-order chi connectivity index (χ1) is 12.0. The summed E-state index contributed by atoms with van der Waals surface area (Å²) in [6.07, 6.45) is 1.21. The van der Waals surface area contributed by atoms with Gasteiger partial charge in [-0.05, 0) is 38.0 Å². The molecule has 1 aliphatic rings. The molecule has 1 aromatic carbocycles. The quantitative estimate of drug-likeness (QED) is 0.901. The third-order valence-corrected chi connectivity index (χ3v) is 4.02. The molecule has 1 atom stereocenters. The summed E-state index contributed by atoms with van der Waals surface area (Å²) in [5.41, 5.74) is 1.76. The number of nitrogens with zero attached hydrogens (tertiary/aromatic N) is 2. The van der Waals surface area contributed by atoms with Crippen molar-refractivity contribution in [1.82, 2.24) is 10.1 Å². The summed E-state index contributed by atoms with van der Waals surface area (Å²) in [7, 11) is 1.70.